The molecule has 0 amide bonds. The quantitative estimate of drug-likeness (QED) is 0.292. The predicted molar refractivity (Wildman–Crippen MR) is 69.8 cm³/mol. The van der Waals surface area contributed by atoms with Gasteiger partial charge in [-0.25, -0.2) is 9.97 Å². The number of phosphoric acid groups is 1. The van der Waals surface area contributed by atoms with Crippen LogP contribution in [0.2, 0.25) is 0 Å². The molecule has 5 atom stereocenters. The number of aliphatic hydroxyl groups is 2. The van der Waals surface area contributed by atoms with Crippen LogP contribution in [0.4, 0.5) is 0 Å². The second-order valence-electron chi connectivity index (χ2n) is 4.87. The number of fused-ring (bicyclic) bond motifs is 1. The van der Waals surface area contributed by atoms with Gasteiger partial charge in [0.2, 0.25) is 0 Å². The molecule has 2 aromatic heterocycles. The van der Waals surface area contributed by atoms with E-state index < -0.39 is 44.5 Å². The van der Waals surface area contributed by atoms with Crippen molar-refractivity contribution in [2.45, 2.75) is 24.5 Å². The number of rotatable bonds is 4. The van der Waals surface area contributed by atoms with E-state index in [1.807, 2.05) is 0 Å². The van der Waals surface area contributed by atoms with Gasteiger partial charge in [-0.3, -0.25) is 13.9 Å². The molecule has 0 spiro atoms. The summed E-state index contributed by atoms with van der Waals surface area (Å²) in [6.07, 6.45) is -2.98. The maximum absolute atomic E-state index is 11.6. The Morgan fingerprint density at radius 1 is 1.42 bits per heavy atom. The molecule has 1 aliphatic heterocycles. The van der Waals surface area contributed by atoms with Crippen LogP contribution in [0.5, 0.6) is 0 Å². The standard InChI is InChI=1S/C10H13N4O8P.K/c15-6-4(1-21-23(18,19)20)22-10(7(6)16)14-3-13-5-8(14)11-2-12-9(5)17;/h2-4,6-7,10,15-16H,1H2,(H,11,12,17)(H2,18,19,20);/q;+1/p-1. The molecule has 1 saturated heterocycles. The van der Waals surface area contributed by atoms with Crippen LogP contribution in [0.1, 0.15) is 6.23 Å². The van der Waals surface area contributed by atoms with Crippen molar-refractivity contribution >= 4 is 19.0 Å². The average Bonchev–Trinajstić information content (AvgIpc) is 3.01. The number of ether oxygens (including phenoxy) is 1. The third-order valence-electron chi connectivity index (χ3n) is 3.38. The zero-order valence-corrected chi connectivity index (χ0v) is 16.4. The molecule has 0 saturated carbocycles. The van der Waals surface area contributed by atoms with Crippen LogP contribution in [0.25, 0.3) is 11.2 Å². The monoisotopic (exact) mass is 386 g/mol. The topological polar surface area (TPSA) is 183 Å². The third kappa shape index (κ3) is 4.03. The fraction of sp³-hybridized carbons (Fsp3) is 0.500. The molecule has 3 rings (SSSR count). The molecule has 1 fully saturated rings. The van der Waals surface area contributed by atoms with Gasteiger partial charge in [0, 0.05) is 0 Å². The maximum atomic E-state index is 11.6. The first-order valence-electron chi connectivity index (χ1n) is 6.38. The van der Waals surface area contributed by atoms with E-state index in [9.17, 15) is 24.5 Å². The van der Waals surface area contributed by atoms with E-state index in [1.54, 1.807) is 0 Å². The largest absolute Gasteiger partial charge is 1.00 e. The molecule has 3 heterocycles. The van der Waals surface area contributed by atoms with Crippen molar-refractivity contribution in [1.82, 2.24) is 19.5 Å². The van der Waals surface area contributed by atoms with Gasteiger partial charge >= 0.3 is 51.4 Å². The molecule has 24 heavy (non-hydrogen) atoms. The number of nitrogens with one attached hydrogen (secondary N) is 1. The van der Waals surface area contributed by atoms with E-state index in [2.05, 4.69) is 19.5 Å². The van der Waals surface area contributed by atoms with Gasteiger partial charge in [-0.15, -0.1) is 0 Å². The molecule has 1 aliphatic rings. The summed E-state index contributed by atoms with van der Waals surface area (Å²) in [4.78, 5) is 40.9. The summed E-state index contributed by atoms with van der Waals surface area (Å²) in [6.45, 7) is -0.688. The number of hydrogen-bond acceptors (Lipinski definition) is 9. The normalized spacial score (nSPS) is 29.3. The number of imidazole rings is 1. The summed E-state index contributed by atoms with van der Waals surface area (Å²) in [7, 11) is -4.99. The zero-order valence-electron chi connectivity index (χ0n) is 12.3. The minimum atomic E-state index is -4.99. The van der Waals surface area contributed by atoms with Gasteiger partial charge in [-0.05, 0) is 0 Å². The summed E-state index contributed by atoms with van der Waals surface area (Å²) in [5.41, 5.74) is -0.366. The van der Waals surface area contributed by atoms with Gasteiger partial charge in [0.15, 0.2) is 17.4 Å². The average molecular weight is 386 g/mol. The van der Waals surface area contributed by atoms with Gasteiger partial charge in [-0.1, -0.05) is 0 Å². The van der Waals surface area contributed by atoms with Crippen molar-refractivity contribution in [3.05, 3.63) is 23.0 Å². The van der Waals surface area contributed by atoms with E-state index >= 15 is 0 Å². The van der Waals surface area contributed by atoms with Crippen LogP contribution in [0, 0.1) is 0 Å². The third-order valence-corrected chi connectivity index (χ3v) is 3.85. The first kappa shape index (κ1) is 20.3. The number of nitrogens with zero attached hydrogens (tertiary/aromatic N) is 3. The van der Waals surface area contributed by atoms with E-state index in [1.165, 1.54) is 10.9 Å². The molecule has 14 heteroatoms. The number of H-pyrrole nitrogens is 1. The van der Waals surface area contributed by atoms with Gasteiger partial charge < -0.3 is 34.2 Å². The second-order valence-corrected chi connectivity index (χ2v) is 6.06. The Kier molecular flexibility index (Phi) is 6.50. The summed E-state index contributed by atoms with van der Waals surface area (Å²) in [5.74, 6) is 0. The number of aromatic nitrogens is 4. The number of phosphoric ester groups is 1. The Hall–Kier alpha value is -0.0236. The number of aliphatic hydroxyl groups excluding tert-OH is 2. The first-order chi connectivity index (χ1) is 10.8. The Labute approximate surface area is 176 Å². The van der Waals surface area contributed by atoms with Crippen molar-refractivity contribution in [2.75, 3.05) is 6.61 Å². The van der Waals surface area contributed by atoms with E-state index in [4.69, 9.17) is 9.63 Å². The Morgan fingerprint density at radius 3 is 2.79 bits per heavy atom. The minimum absolute atomic E-state index is 0. The SMILES string of the molecule is O=c1[nH]cnc2c1ncn2C1OC(COP(=O)([O-])O)C(O)C1O.[K+]. The van der Waals surface area contributed by atoms with Crippen LogP contribution >= 0.6 is 7.82 Å². The first-order valence-corrected chi connectivity index (χ1v) is 7.87. The Morgan fingerprint density at radius 2 is 2.12 bits per heavy atom. The van der Waals surface area contributed by atoms with Gasteiger partial charge in [0.1, 0.15) is 18.3 Å². The molecule has 2 aromatic rings. The smallest absolute Gasteiger partial charge is 0.756 e. The van der Waals surface area contributed by atoms with Crippen LogP contribution in [0.15, 0.2) is 17.4 Å². The number of hydrogen-bond donors (Lipinski definition) is 4. The van der Waals surface area contributed by atoms with Crippen LogP contribution in [-0.4, -0.2) is 59.5 Å². The van der Waals surface area contributed by atoms with E-state index in [0.717, 1.165) is 6.33 Å². The van der Waals surface area contributed by atoms with Gasteiger partial charge in [0.05, 0.1) is 19.3 Å². The maximum Gasteiger partial charge on any atom is 1.00 e. The molecular weight excluding hydrogens is 374 g/mol. The predicted octanol–water partition coefficient (Wildman–Crippen LogP) is -5.78. The van der Waals surface area contributed by atoms with Crippen molar-refractivity contribution in [2.24, 2.45) is 0 Å². The summed E-state index contributed by atoms with van der Waals surface area (Å²) >= 11 is 0. The summed E-state index contributed by atoms with van der Waals surface area (Å²) < 4.78 is 21.3. The van der Waals surface area contributed by atoms with Gasteiger partial charge in [0.25, 0.3) is 13.4 Å². The van der Waals surface area contributed by atoms with Gasteiger partial charge in [-0.2, -0.15) is 0 Å². The van der Waals surface area contributed by atoms with E-state index in [0.29, 0.717) is 0 Å². The molecule has 12 nitrogen and oxygen atoms in total. The Balaban J connectivity index is 0.00000208. The second kappa shape index (κ2) is 7.69. The van der Waals surface area contributed by atoms with Crippen molar-refractivity contribution in [3.63, 3.8) is 0 Å². The molecule has 0 bridgehead atoms. The van der Waals surface area contributed by atoms with Crippen molar-refractivity contribution in [3.8, 4) is 0 Å². The zero-order chi connectivity index (χ0) is 16.8. The molecule has 5 unspecified atom stereocenters. The fourth-order valence-electron chi connectivity index (χ4n) is 2.31. The van der Waals surface area contributed by atoms with E-state index in [-0.39, 0.29) is 62.5 Å². The van der Waals surface area contributed by atoms with Crippen molar-refractivity contribution < 1.29 is 85.2 Å². The fourth-order valence-corrected chi connectivity index (χ4v) is 2.65. The van der Waals surface area contributed by atoms with Crippen molar-refractivity contribution in [1.29, 1.82) is 0 Å². The van der Waals surface area contributed by atoms with Crippen LogP contribution in [0.3, 0.4) is 0 Å². The number of aromatic amines is 1. The minimum Gasteiger partial charge on any atom is -0.756 e. The van der Waals surface area contributed by atoms with Crippen LogP contribution < -0.4 is 61.8 Å². The molecule has 0 radical (unpaired) electrons. The molecular formula is C10H12KN4O8P. The molecule has 4 N–H and O–H groups in total. The summed E-state index contributed by atoms with van der Waals surface area (Å²) in [6, 6.07) is 0. The Bertz CT molecular complexity index is 821. The molecule has 126 valence electrons. The molecule has 0 aliphatic carbocycles. The van der Waals surface area contributed by atoms with Crippen LogP contribution in [-0.2, 0) is 13.8 Å². The summed E-state index contributed by atoms with van der Waals surface area (Å²) in [5, 5.41) is 20.0. The molecule has 0 aromatic carbocycles.